The molecule has 0 spiro atoms. The fourth-order valence-electron chi connectivity index (χ4n) is 1.67. The molecule has 0 radical (unpaired) electrons. The normalized spacial score (nSPS) is 18.9. The summed E-state index contributed by atoms with van der Waals surface area (Å²) in [6.07, 6.45) is 0.747. The van der Waals surface area contributed by atoms with Gasteiger partial charge in [-0.2, -0.15) is 0 Å². The van der Waals surface area contributed by atoms with Crippen molar-refractivity contribution in [3.8, 4) is 5.75 Å². The van der Waals surface area contributed by atoms with Gasteiger partial charge in [0.15, 0.2) is 5.78 Å². The van der Waals surface area contributed by atoms with Crippen LogP contribution in [-0.2, 0) is 9.53 Å². The first-order valence-corrected chi connectivity index (χ1v) is 6.59. The van der Waals surface area contributed by atoms with Gasteiger partial charge in [0.2, 0.25) is 0 Å². The lowest BCUT2D eigenvalue weighted by Gasteiger charge is -2.10. The highest BCUT2D eigenvalue weighted by atomic mass is 35.5. The maximum absolute atomic E-state index is 11.8. The number of ether oxygens (including phenoxy) is 2. The topological polar surface area (TPSA) is 35.5 Å². The van der Waals surface area contributed by atoms with Crippen molar-refractivity contribution < 1.29 is 14.3 Å². The van der Waals surface area contributed by atoms with Crippen molar-refractivity contribution in [3.63, 3.8) is 0 Å². The van der Waals surface area contributed by atoms with E-state index in [1.807, 2.05) is 0 Å². The molecule has 1 aliphatic rings. The second-order valence-corrected chi connectivity index (χ2v) is 5.23. The van der Waals surface area contributed by atoms with Crippen LogP contribution in [0.5, 0.6) is 5.75 Å². The Morgan fingerprint density at radius 1 is 1.28 bits per heavy atom. The van der Waals surface area contributed by atoms with Gasteiger partial charge in [-0.25, -0.2) is 0 Å². The largest absolute Gasteiger partial charge is 0.484 e. The Morgan fingerprint density at radius 3 is 2.67 bits per heavy atom. The molecule has 1 unspecified atom stereocenters. The summed E-state index contributed by atoms with van der Waals surface area (Å²) in [5, 5.41) is 1.03. The first-order valence-electron chi connectivity index (χ1n) is 5.45. The minimum Gasteiger partial charge on any atom is -0.484 e. The smallest absolute Gasteiger partial charge is 0.175 e. The van der Waals surface area contributed by atoms with Gasteiger partial charge >= 0.3 is 0 Å². The quantitative estimate of drug-likeness (QED) is 0.797. The van der Waals surface area contributed by atoms with E-state index in [0.717, 1.165) is 6.42 Å². The molecule has 18 heavy (non-hydrogen) atoms. The summed E-state index contributed by atoms with van der Waals surface area (Å²) in [5.41, 5.74) is 0. The molecule has 1 atom stereocenters. The number of Topliss-reactive ketones (excluding diaryl/α,β-unsaturated/α-hetero) is 1. The molecule has 98 valence electrons. The lowest BCUT2D eigenvalue weighted by Crippen LogP contribution is -2.21. The van der Waals surface area contributed by atoms with Crippen molar-refractivity contribution in [2.75, 3.05) is 19.8 Å². The maximum atomic E-state index is 11.8. The predicted octanol–water partition coefficient (Wildman–Crippen LogP) is 3.63. The summed E-state index contributed by atoms with van der Waals surface area (Å²) in [6, 6.07) is 2.99. The molecule has 0 saturated carbocycles. The van der Waals surface area contributed by atoms with Gasteiger partial charge in [-0.15, -0.1) is 0 Å². The molecule has 1 aromatic rings. The van der Waals surface area contributed by atoms with Crippen LogP contribution in [0.2, 0.25) is 15.1 Å². The molecule has 0 amide bonds. The molecule has 0 aromatic heterocycles. The van der Waals surface area contributed by atoms with Crippen molar-refractivity contribution in [2.45, 2.75) is 6.42 Å². The standard InChI is InChI=1S/C12H11Cl3O3/c13-8-3-10(15)12(4-9(8)14)18-6-11(16)7-1-2-17-5-7/h3-4,7H,1-2,5-6H2. The summed E-state index contributed by atoms with van der Waals surface area (Å²) >= 11 is 17.6. The van der Waals surface area contributed by atoms with E-state index in [1.54, 1.807) is 0 Å². The van der Waals surface area contributed by atoms with Crippen molar-refractivity contribution in [1.29, 1.82) is 0 Å². The van der Waals surface area contributed by atoms with Gasteiger partial charge in [0.1, 0.15) is 12.4 Å². The van der Waals surface area contributed by atoms with E-state index in [2.05, 4.69) is 0 Å². The van der Waals surface area contributed by atoms with Gasteiger partial charge in [-0.1, -0.05) is 34.8 Å². The molecule has 6 heteroatoms. The SMILES string of the molecule is O=C(COc1cc(Cl)c(Cl)cc1Cl)C1CCOC1. The fourth-order valence-corrected chi connectivity index (χ4v) is 2.26. The summed E-state index contributed by atoms with van der Waals surface area (Å²) in [6.45, 7) is 1.06. The molecule has 2 rings (SSSR count). The Kier molecular flexibility index (Phi) is 4.73. The number of halogens is 3. The molecule has 0 bridgehead atoms. The van der Waals surface area contributed by atoms with Gasteiger partial charge in [-0.3, -0.25) is 4.79 Å². The van der Waals surface area contributed by atoms with Crippen LogP contribution in [-0.4, -0.2) is 25.6 Å². The van der Waals surface area contributed by atoms with Crippen molar-refractivity contribution in [2.24, 2.45) is 5.92 Å². The van der Waals surface area contributed by atoms with E-state index < -0.39 is 0 Å². The molecular weight excluding hydrogens is 298 g/mol. The molecule has 3 nitrogen and oxygen atoms in total. The fraction of sp³-hybridized carbons (Fsp3) is 0.417. The van der Waals surface area contributed by atoms with E-state index in [-0.39, 0.29) is 18.3 Å². The van der Waals surface area contributed by atoms with Crippen LogP contribution in [0, 0.1) is 5.92 Å². The zero-order chi connectivity index (χ0) is 13.1. The summed E-state index contributed by atoms with van der Waals surface area (Å²) in [5.74, 6) is 0.291. The minimum absolute atomic E-state index is 0.00893. The maximum Gasteiger partial charge on any atom is 0.175 e. The highest BCUT2D eigenvalue weighted by Crippen LogP contribution is 2.33. The van der Waals surface area contributed by atoms with Gasteiger partial charge in [0.05, 0.1) is 21.7 Å². The predicted molar refractivity (Wildman–Crippen MR) is 70.9 cm³/mol. The number of carbonyl (C=O) groups is 1. The molecule has 0 N–H and O–H groups in total. The van der Waals surface area contributed by atoms with E-state index in [4.69, 9.17) is 44.3 Å². The Bertz CT molecular complexity index is 456. The molecule has 0 aliphatic carbocycles. The summed E-state index contributed by atoms with van der Waals surface area (Å²) in [7, 11) is 0. The van der Waals surface area contributed by atoms with Crippen LogP contribution in [0.3, 0.4) is 0 Å². The lowest BCUT2D eigenvalue weighted by atomic mass is 10.0. The van der Waals surface area contributed by atoms with Crippen molar-refractivity contribution in [3.05, 3.63) is 27.2 Å². The van der Waals surface area contributed by atoms with Gasteiger partial charge in [0, 0.05) is 18.6 Å². The Balaban J connectivity index is 1.97. The molecule has 1 saturated heterocycles. The van der Waals surface area contributed by atoms with Crippen LogP contribution in [0.4, 0.5) is 0 Å². The number of carbonyl (C=O) groups excluding carboxylic acids is 1. The third-order valence-electron chi connectivity index (χ3n) is 2.73. The third-order valence-corrected chi connectivity index (χ3v) is 3.75. The van der Waals surface area contributed by atoms with Crippen LogP contribution in [0.1, 0.15) is 6.42 Å². The van der Waals surface area contributed by atoms with E-state index in [1.165, 1.54) is 12.1 Å². The molecule has 1 aliphatic heterocycles. The second-order valence-electron chi connectivity index (χ2n) is 4.01. The summed E-state index contributed by atoms with van der Waals surface area (Å²) in [4.78, 5) is 11.8. The van der Waals surface area contributed by atoms with E-state index >= 15 is 0 Å². The molecule has 1 fully saturated rings. The van der Waals surface area contributed by atoms with Gasteiger partial charge < -0.3 is 9.47 Å². The average molecular weight is 310 g/mol. The van der Waals surface area contributed by atoms with Gasteiger partial charge in [-0.05, 0) is 12.5 Å². The number of hydrogen-bond donors (Lipinski definition) is 0. The third kappa shape index (κ3) is 3.29. The minimum atomic E-state index is -0.0773. The highest BCUT2D eigenvalue weighted by Gasteiger charge is 2.24. The van der Waals surface area contributed by atoms with Crippen molar-refractivity contribution >= 4 is 40.6 Å². The number of ketones is 1. The number of hydrogen-bond acceptors (Lipinski definition) is 3. The number of benzene rings is 1. The van der Waals surface area contributed by atoms with Crippen molar-refractivity contribution in [1.82, 2.24) is 0 Å². The first kappa shape index (κ1) is 13.9. The molecular formula is C12H11Cl3O3. The monoisotopic (exact) mass is 308 g/mol. The first-order chi connectivity index (χ1) is 8.58. The number of rotatable bonds is 4. The highest BCUT2D eigenvalue weighted by molar-refractivity contribution is 6.43. The van der Waals surface area contributed by atoms with Crippen LogP contribution in [0.15, 0.2) is 12.1 Å². The van der Waals surface area contributed by atoms with Crippen LogP contribution < -0.4 is 4.74 Å². The Labute approximate surface area is 120 Å². The lowest BCUT2D eigenvalue weighted by molar-refractivity contribution is -0.124. The average Bonchev–Trinajstić information content (AvgIpc) is 2.85. The Morgan fingerprint density at radius 2 is 2.00 bits per heavy atom. The molecule has 1 aromatic carbocycles. The second kappa shape index (κ2) is 6.11. The van der Waals surface area contributed by atoms with E-state index in [9.17, 15) is 4.79 Å². The van der Waals surface area contributed by atoms with E-state index in [0.29, 0.717) is 34.0 Å². The zero-order valence-electron chi connectivity index (χ0n) is 9.42. The Hall–Kier alpha value is -0.480. The zero-order valence-corrected chi connectivity index (χ0v) is 11.7. The van der Waals surface area contributed by atoms with Crippen LogP contribution >= 0.6 is 34.8 Å². The summed E-state index contributed by atoms with van der Waals surface area (Å²) < 4.78 is 10.5. The molecule has 1 heterocycles. The van der Waals surface area contributed by atoms with Crippen LogP contribution in [0.25, 0.3) is 0 Å². The van der Waals surface area contributed by atoms with Gasteiger partial charge in [0.25, 0.3) is 0 Å².